The molecule has 2 rings (SSSR count). The van der Waals surface area contributed by atoms with Crippen molar-refractivity contribution in [2.75, 3.05) is 13.2 Å². The highest BCUT2D eigenvalue weighted by atomic mass is 16.6. The van der Waals surface area contributed by atoms with Gasteiger partial charge in [0.2, 0.25) is 0 Å². The standard InChI is InChI=1S/C15H20O4/c1-3-10(4-2)14(15(16)17)11-5-6-12-13(9-11)19-8-7-18-12/h5-6,9-10,14H,3-4,7-8H2,1-2H3,(H,16,17). The maximum atomic E-state index is 11.6. The van der Waals surface area contributed by atoms with Gasteiger partial charge in [-0.25, -0.2) is 0 Å². The third kappa shape index (κ3) is 2.83. The fourth-order valence-electron chi connectivity index (χ4n) is 2.63. The van der Waals surface area contributed by atoms with Gasteiger partial charge < -0.3 is 14.6 Å². The van der Waals surface area contributed by atoms with E-state index in [2.05, 4.69) is 0 Å². The fourth-order valence-corrected chi connectivity index (χ4v) is 2.63. The van der Waals surface area contributed by atoms with Gasteiger partial charge in [0.05, 0.1) is 5.92 Å². The molecule has 19 heavy (non-hydrogen) atoms. The first-order valence-electron chi connectivity index (χ1n) is 6.79. The third-order valence-corrected chi connectivity index (χ3v) is 3.71. The summed E-state index contributed by atoms with van der Waals surface area (Å²) in [4.78, 5) is 11.6. The van der Waals surface area contributed by atoms with E-state index in [9.17, 15) is 9.90 Å². The SMILES string of the molecule is CCC(CC)C(C(=O)O)c1ccc2c(c1)OCCO2. The number of carboxylic acids is 1. The Balaban J connectivity index is 2.34. The average molecular weight is 264 g/mol. The van der Waals surface area contributed by atoms with Crippen LogP contribution in [0.15, 0.2) is 18.2 Å². The van der Waals surface area contributed by atoms with Crippen LogP contribution >= 0.6 is 0 Å². The Kier molecular flexibility index (Phi) is 4.30. The zero-order valence-corrected chi connectivity index (χ0v) is 11.4. The first kappa shape index (κ1) is 13.7. The van der Waals surface area contributed by atoms with Crippen molar-refractivity contribution in [3.63, 3.8) is 0 Å². The van der Waals surface area contributed by atoms with E-state index >= 15 is 0 Å². The Hall–Kier alpha value is -1.71. The molecule has 0 aliphatic carbocycles. The molecule has 0 spiro atoms. The highest BCUT2D eigenvalue weighted by Gasteiger charge is 2.28. The van der Waals surface area contributed by atoms with Crippen LogP contribution in [0.1, 0.15) is 38.2 Å². The predicted octanol–water partition coefficient (Wildman–Crippen LogP) is 3.06. The lowest BCUT2D eigenvalue weighted by atomic mass is 9.82. The maximum absolute atomic E-state index is 11.6. The lowest BCUT2D eigenvalue weighted by Gasteiger charge is -2.24. The number of ether oxygens (including phenoxy) is 2. The lowest BCUT2D eigenvalue weighted by Crippen LogP contribution is -2.21. The number of carboxylic acid groups (broad SMARTS) is 1. The summed E-state index contributed by atoms with van der Waals surface area (Å²) < 4.78 is 11.0. The summed E-state index contributed by atoms with van der Waals surface area (Å²) in [5.41, 5.74) is 0.797. The molecule has 0 saturated heterocycles. The van der Waals surface area contributed by atoms with Crippen LogP contribution in [0.25, 0.3) is 0 Å². The van der Waals surface area contributed by atoms with Gasteiger partial charge in [0, 0.05) is 0 Å². The van der Waals surface area contributed by atoms with E-state index < -0.39 is 11.9 Å². The molecule has 1 heterocycles. The summed E-state index contributed by atoms with van der Waals surface area (Å²) in [6, 6.07) is 5.46. The smallest absolute Gasteiger partial charge is 0.311 e. The average Bonchev–Trinajstić information content (AvgIpc) is 2.43. The van der Waals surface area contributed by atoms with Gasteiger partial charge in [0.25, 0.3) is 0 Å². The fraction of sp³-hybridized carbons (Fsp3) is 0.533. The van der Waals surface area contributed by atoms with Gasteiger partial charge in [-0.2, -0.15) is 0 Å². The molecule has 1 aliphatic rings. The molecule has 4 heteroatoms. The topological polar surface area (TPSA) is 55.8 Å². The number of benzene rings is 1. The molecule has 0 saturated carbocycles. The summed E-state index contributed by atoms with van der Waals surface area (Å²) in [6.45, 7) is 5.12. The van der Waals surface area contributed by atoms with Crippen LogP contribution in [-0.4, -0.2) is 24.3 Å². The number of carbonyl (C=O) groups is 1. The lowest BCUT2D eigenvalue weighted by molar-refractivity contribution is -0.140. The minimum Gasteiger partial charge on any atom is -0.486 e. The van der Waals surface area contributed by atoms with Crippen LogP contribution in [0.2, 0.25) is 0 Å². The van der Waals surface area contributed by atoms with Gasteiger partial charge in [0.15, 0.2) is 11.5 Å². The molecule has 1 N–H and O–H groups in total. The first-order valence-corrected chi connectivity index (χ1v) is 6.79. The van der Waals surface area contributed by atoms with Crippen LogP contribution in [0, 0.1) is 5.92 Å². The summed E-state index contributed by atoms with van der Waals surface area (Å²) >= 11 is 0. The Labute approximate surface area is 113 Å². The number of hydrogen-bond donors (Lipinski definition) is 1. The van der Waals surface area contributed by atoms with Crippen LogP contribution in [0.5, 0.6) is 11.5 Å². The molecule has 0 radical (unpaired) electrons. The van der Waals surface area contributed by atoms with Gasteiger partial charge in [0.1, 0.15) is 13.2 Å². The van der Waals surface area contributed by atoms with Crippen molar-refractivity contribution >= 4 is 5.97 Å². The summed E-state index contributed by atoms with van der Waals surface area (Å²) in [5.74, 6) is 0.237. The molecule has 1 aromatic rings. The largest absolute Gasteiger partial charge is 0.486 e. The van der Waals surface area contributed by atoms with Crippen LogP contribution in [0.3, 0.4) is 0 Å². The Morgan fingerprint density at radius 1 is 1.21 bits per heavy atom. The van der Waals surface area contributed by atoms with Crippen molar-refractivity contribution in [1.29, 1.82) is 0 Å². The molecule has 0 aromatic heterocycles. The van der Waals surface area contributed by atoms with E-state index in [1.807, 2.05) is 32.0 Å². The second-order valence-electron chi connectivity index (χ2n) is 4.80. The molecule has 104 valence electrons. The van der Waals surface area contributed by atoms with Gasteiger partial charge in [-0.3, -0.25) is 4.79 Å². The zero-order valence-electron chi connectivity index (χ0n) is 11.4. The summed E-state index contributed by atoms with van der Waals surface area (Å²) in [6.07, 6.45) is 1.70. The Morgan fingerprint density at radius 3 is 2.42 bits per heavy atom. The molecule has 0 amide bonds. The Bertz CT molecular complexity index is 451. The summed E-state index contributed by atoms with van der Waals surface area (Å²) in [5, 5.41) is 9.49. The minimum atomic E-state index is -0.773. The highest BCUT2D eigenvalue weighted by Crippen LogP contribution is 2.37. The van der Waals surface area contributed by atoms with E-state index in [1.54, 1.807) is 0 Å². The van der Waals surface area contributed by atoms with E-state index in [0.717, 1.165) is 18.4 Å². The summed E-state index contributed by atoms with van der Waals surface area (Å²) in [7, 11) is 0. The van der Waals surface area contributed by atoms with Gasteiger partial charge in [-0.05, 0) is 23.6 Å². The van der Waals surface area contributed by atoms with Crippen LogP contribution in [-0.2, 0) is 4.79 Å². The number of rotatable bonds is 5. The Morgan fingerprint density at radius 2 is 1.84 bits per heavy atom. The van der Waals surface area contributed by atoms with Crippen molar-refractivity contribution < 1.29 is 19.4 Å². The molecule has 1 atom stereocenters. The van der Waals surface area contributed by atoms with E-state index in [4.69, 9.17) is 9.47 Å². The zero-order chi connectivity index (χ0) is 13.8. The molecular weight excluding hydrogens is 244 g/mol. The number of fused-ring (bicyclic) bond motifs is 1. The molecule has 1 aromatic carbocycles. The van der Waals surface area contributed by atoms with Gasteiger partial charge in [-0.15, -0.1) is 0 Å². The molecule has 0 bridgehead atoms. The van der Waals surface area contributed by atoms with Gasteiger partial charge in [-0.1, -0.05) is 32.8 Å². The van der Waals surface area contributed by atoms with Crippen LogP contribution in [0.4, 0.5) is 0 Å². The maximum Gasteiger partial charge on any atom is 0.311 e. The second-order valence-corrected chi connectivity index (χ2v) is 4.80. The monoisotopic (exact) mass is 264 g/mol. The van der Waals surface area contributed by atoms with E-state index in [-0.39, 0.29) is 5.92 Å². The van der Waals surface area contributed by atoms with Crippen molar-refractivity contribution in [2.45, 2.75) is 32.6 Å². The minimum absolute atomic E-state index is 0.139. The highest BCUT2D eigenvalue weighted by molar-refractivity contribution is 5.77. The first-order chi connectivity index (χ1) is 9.17. The van der Waals surface area contributed by atoms with E-state index in [0.29, 0.717) is 24.7 Å². The normalized spacial score (nSPS) is 15.3. The molecule has 0 fully saturated rings. The third-order valence-electron chi connectivity index (χ3n) is 3.71. The predicted molar refractivity (Wildman–Crippen MR) is 71.9 cm³/mol. The molecule has 1 unspecified atom stereocenters. The van der Waals surface area contributed by atoms with Crippen molar-refractivity contribution in [3.05, 3.63) is 23.8 Å². The van der Waals surface area contributed by atoms with Crippen LogP contribution < -0.4 is 9.47 Å². The van der Waals surface area contributed by atoms with Gasteiger partial charge >= 0.3 is 5.97 Å². The molecule has 4 nitrogen and oxygen atoms in total. The van der Waals surface area contributed by atoms with Crippen molar-refractivity contribution in [3.8, 4) is 11.5 Å². The molecular formula is C15H20O4. The number of aliphatic carboxylic acids is 1. The van der Waals surface area contributed by atoms with E-state index in [1.165, 1.54) is 0 Å². The quantitative estimate of drug-likeness (QED) is 0.888. The number of hydrogen-bond acceptors (Lipinski definition) is 3. The second kappa shape index (κ2) is 5.95. The molecule has 1 aliphatic heterocycles. The van der Waals surface area contributed by atoms with Crippen molar-refractivity contribution in [2.24, 2.45) is 5.92 Å². The van der Waals surface area contributed by atoms with Crippen molar-refractivity contribution in [1.82, 2.24) is 0 Å².